The number of rotatable bonds is 4. The summed E-state index contributed by atoms with van der Waals surface area (Å²) in [6.45, 7) is 4.53. The van der Waals surface area contributed by atoms with Crippen LogP contribution in [-0.4, -0.2) is 29.1 Å². The fourth-order valence-corrected chi connectivity index (χ4v) is 4.51. The number of piperidine rings is 1. The second-order valence-corrected chi connectivity index (χ2v) is 8.10. The number of hydrogen-bond acceptors (Lipinski definition) is 7. The van der Waals surface area contributed by atoms with Gasteiger partial charge in [0.05, 0.1) is 16.8 Å². The smallest absolute Gasteiger partial charge is 0.299 e. The molecule has 0 N–H and O–H groups in total. The zero-order chi connectivity index (χ0) is 19.5. The Morgan fingerprint density at radius 3 is 2.86 bits per heavy atom. The molecule has 1 aromatic carbocycles. The summed E-state index contributed by atoms with van der Waals surface area (Å²) in [5.74, 6) is 1.03. The van der Waals surface area contributed by atoms with Gasteiger partial charge in [-0.15, -0.1) is 0 Å². The van der Waals surface area contributed by atoms with Gasteiger partial charge >= 0.3 is 0 Å². The van der Waals surface area contributed by atoms with Gasteiger partial charge in [-0.3, -0.25) is 4.90 Å². The number of para-hydroxylation sites is 1. The van der Waals surface area contributed by atoms with Gasteiger partial charge in [0.1, 0.15) is 12.4 Å². The van der Waals surface area contributed by atoms with Crippen LogP contribution in [0.15, 0.2) is 59.9 Å². The molecule has 0 saturated carbocycles. The molecule has 1 radical (unpaired) electrons. The lowest BCUT2D eigenvalue weighted by Crippen LogP contribution is -2.31. The summed E-state index contributed by atoms with van der Waals surface area (Å²) in [6.07, 6.45) is 9.27. The first-order valence-corrected chi connectivity index (χ1v) is 10.7. The summed E-state index contributed by atoms with van der Waals surface area (Å²) in [7, 11) is 0. The van der Waals surface area contributed by atoms with E-state index in [4.69, 9.17) is 9.72 Å². The number of anilines is 2. The molecule has 6 nitrogen and oxygen atoms in total. The van der Waals surface area contributed by atoms with E-state index >= 15 is 0 Å². The lowest BCUT2D eigenvalue weighted by Gasteiger charge is -2.28. The van der Waals surface area contributed by atoms with Gasteiger partial charge in [0.25, 0.3) is 6.02 Å². The van der Waals surface area contributed by atoms with Gasteiger partial charge in [-0.25, -0.2) is 15.0 Å². The van der Waals surface area contributed by atoms with Gasteiger partial charge < -0.3 is 9.64 Å². The fraction of sp³-hybridized carbons (Fsp3) is 0.273. The highest BCUT2D eigenvalue weighted by Crippen LogP contribution is 2.30. The number of aliphatic imine (C=N–C) groups is 1. The van der Waals surface area contributed by atoms with Gasteiger partial charge in [-0.2, -0.15) is 0 Å². The van der Waals surface area contributed by atoms with Crippen LogP contribution in [0.3, 0.4) is 0 Å². The van der Waals surface area contributed by atoms with E-state index in [-0.39, 0.29) is 0 Å². The fourth-order valence-electron chi connectivity index (χ4n) is 3.57. The second-order valence-electron chi connectivity index (χ2n) is 7.10. The molecule has 0 amide bonds. The van der Waals surface area contributed by atoms with Crippen LogP contribution in [0.2, 0.25) is 0 Å². The number of ether oxygens (including phenoxy) is 1. The van der Waals surface area contributed by atoms with Crippen molar-refractivity contribution in [1.29, 1.82) is 0 Å². The van der Waals surface area contributed by atoms with Crippen molar-refractivity contribution in [3.63, 3.8) is 0 Å². The van der Waals surface area contributed by atoms with Crippen molar-refractivity contribution in [2.24, 2.45) is 4.99 Å². The maximum Gasteiger partial charge on any atom is 0.299 e. The third-order valence-corrected chi connectivity index (χ3v) is 6.09. The minimum atomic E-state index is 0.436. The Balaban J connectivity index is 1.31. The Kier molecular flexibility index (Phi) is 5.13. The van der Waals surface area contributed by atoms with Crippen LogP contribution in [0, 0.1) is 6.54 Å². The first-order valence-electron chi connectivity index (χ1n) is 9.92. The molecule has 2 aromatic heterocycles. The quantitative estimate of drug-likeness (QED) is 0.628. The standard InChI is InChI=1S/C22H22N5OS/c1-4-12-26(13-5-1)20-15-17(9-11-23-20)16-28-21-24-10-6-14-27(21)22-25-18-7-2-3-8-19(18)29-22/h2-3,6-11,14-15H,1,4-5,12-13,16H2. The molecular weight excluding hydrogens is 382 g/mol. The van der Waals surface area contributed by atoms with Crippen molar-refractivity contribution in [3.05, 3.63) is 67.0 Å². The zero-order valence-corrected chi connectivity index (χ0v) is 16.9. The molecule has 0 spiro atoms. The Morgan fingerprint density at radius 1 is 1.07 bits per heavy atom. The third kappa shape index (κ3) is 3.96. The van der Waals surface area contributed by atoms with Crippen molar-refractivity contribution >= 4 is 38.5 Å². The summed E-state index contributed by atoms with van der Waals surface area (Å²) in [4.78, 5) is 18.0. The number of pyridine rings is 1. The number of amidine groups is 1. The van der Waals surface area contributed by atoms with E-state index in [0.717, 1.165) is 39.8 Å². The third-order valence-electron chi connectivity index (χ3n) is 5.06. The number of nitrogens with zero attached hydrogens (tertiary/aromatic N) is 5. The normalized spacial score (nSPS) is 16.9. The minimum Gasteiger partial charge on any atom is -0.460 e. The summed E-state index contributed by atoms with van der Waals surface area (Å²) in [5.41, 5.74) is 2.07. The van der Waals surface area contributed by atoms with Crippen molar-refractivity contribution in [2.75, 3.05) is 22.9 Å². The molecule has 1 saturated heterocycles. The topological polar surface area (TPSA) is 53.9 Å². The van der Waals surface area contributed by atoms with Crippen LogP contribution in [0.4, 0.5) is 10.9 Å². The van der Waals surface area contributed by atoms with Crippen molar-refractivity contribution in [2.45, 2.75) is 25.9 Å². The minimum absolute atomic E-state index is 0.436. The molecule has 2 aliphatic heterocycles. The molecule has 0 unspecified atom stereocenters. The van der Waals surface area contributed by atoms with Crippen LogP contribution in [0.25, 0.3) is 10.2 Å². The molecule has 2 aliphatic rings. The van der Waals surface area contributed by atoms with Gasteiger partial charge in [0.15, 0.2) is 5.13 Å². The summed E-state index contributed by atoms with van der Waals surface area (Å²) >= 11 is 1.62. The Bertz CT molecular complexity index is 1020. The molecule has 1 fully saturated rings. The van der Waals surface area contributed by atoms with Crippen LogP contribution in [-0.2, 0) is 11.3 Å². The Labute approximate surface area is 174 Å². The molecule has 7 heteroatoms. The summed E-state index contributed by atoms with van der Waals surface area (Å²) < 4.78 is 7.23. The average Bonchev–Trinajstić information content (AvgIpc) is 3.23. The molecular formula is C22H22N5OS. The van der Waals surface area contributed by atoms with Gasteiger partial charge in [-0.1, -0.05) is 23.5 Å². The van der Waals surface area contributed by atoms with Gasteiger partial charge in [-0.05, 0) is 55.2 Å². The predicted octanol–water partition coefficient (Wildman–Crippen LogP) is 4.75. The van der Waals surface area contributed by atoms with E-state index in [0.29, 0.717) is 12.6 Å². The Morgan fingerprint density at radius 2 is 1.97 bits per heavy atom. The Hall–Kier alpha value is -2.93. The van der Waals surface area contributed by atoms with Crippen LogP contribution in [0.5, 0.6) is 0 Å². The van der Waals surface area contributed by atoms with Crippen LogP contribution >= 0.6 is 11.3 Å². The van der Waals surface area contributed by atoms with Crippen molar-refractivity contribution < 1.29 is 4.74 Å². The number of thiazole rings is 1. The van der Waals surface area contributed by atoms with Crippen molar-refractivity contribution in [1.82, 2.24) is 9.97 Å². The maximum absolute atomic E-state index is 6.09. The highest BCUT2D eigenvalue weighted by molar-refractivity contribution is 7.22. The molecule has 0 atom stereocenters. The number of hydrogen-bond donors (Lipinski definition) is 0. The number of benzene rings is 1. The SMILES string of the molecule is [CH]1C=CN=C(OCc2ccnc(N3CCCCC3)c2)N1c1nc2ccccc2s1. The van der Waals surface area contributed by atoms with E-state index in [1.54, 1.807) is 17.5 Å². The molecule has 0 bridgehead atoms. The van der Waals surface area contributed by atoms with Crippen LogP contribution < -0.4 is 9.80 Å². The average molecular weight is 405 g/mol. The molecule has 5 rings (SSSR count). The predicted molar refractivity (Wildman–Crippen MR) is 118 cm³/mol. The second kappa shape index (κ2) is 8.21. The van der Waals surface area contributed by atoms with E-state index in [2.05, 4.69) is 27.0 Å². The first-order chi connectivity index (χ1) is 14.4. The highest BCUT2D eigenvalue weighted by atomic mass is 32.1. The van der Waals surface area contributed by atoms with Gasteiger partial charge in [0, 0.05) is 25.5 Å². The lowest BCUT2D eigenvalue weighted by molar-refractivity contribution is 0.285. The first kappa shape index (κ1) is 18.1. The molecule has 0 aliphatic carbocycles. The van der Waals surface area contributed by atoms with E-state index < -0.39 is 0 Å². The van der Waals surface area contributed by atoms with E-state index in [1.165, 1.54) is 19.3 Å². The van der Waals surface area contributed by atoms with Crippen LogP contribution in [0.1, 0.15) is 24.8 Å². The highest BCUT2D eigenvalue weighted by Gasteiger charge is 2.21. The zero-order valence-electron chi connectivity index (χ0n) is 16.1. The molecule has 3 aromatic rings. The molecule has 147 valence electrons. The lowest BCUT2D eigenvalue weighted by atomic mass is 10.1. The van der Waals surface area contributed by atoms with E-state index in [1.807, 2.05) is 48.0 Å². The largest absolute Gasteiger partial charge is 0.460 e. The van der Waals surface area contributed by atoms with Gasteiger partial charge in [0.2, 0.25) is 0 Å². The maximum atomic E-state index is 6.09. The molecule has 4 heterocycles. The van der Waals surface area contributed by atoms with Crippen molar-refractivity contribution in [3.8, 4) is 0 Å². The number of fused-ring (bicyclic) bond motifs is 1. The number of aromatic nitrogens is 2. The summed E-state index contributed by atoms with van der Waals surface area (Å²) in [6, 6.07) is 12.8. The monoisotopic (exact) mass is 404 g/mol. The van der Waals surface area contributed by atoms with E-state index in [9.17, 15) is 0 Å². The molecule has 29 heavy (non-hydrogen) atoms. The summed E-state index contributed by atoms with van der Waals surface area (Å²) in [5, 5.41) is 0.845.